The van der Waals surface area contributed by atoms with Gasteiger partial charge in [0.05, 0.1) is 0 Å². The summed E-state index contributed by atoms with van der Waals surface area (Å²) in [5, 5.41) is 2.86. The van der Waals surface area contributed by atoms with Crippen LogP contribution in [0.15, 0.2) is 54.6 Å². The van der Waals surface area contributed by atoms with Crippen LogP contribution in [0.5, 0.6) is 0 Å². The van der Waals surface area contributed by atoms with Gasteiger partial charge in [0.2, 0.25) is 5.91 Å². The Morgan fingerprint density at radius 2 is 1.61 bits per heavy atom. The molecule has 0 aliphatic heterocycles. The van der Waals surface area contributed by atoms with E-state index in [9.17, 15) is 9.59 Å². The number of carbonyl (C=O) groups excluding carboxylic acids is 2. The van der Waals surface area contributed by atoms with Gasteiger partial charge in [0, 0.05) is 23.2 Å². The van der Waals surface area contributed by atoms with Crippen LogP contribution in [-0.2, 0) is 4.79 Å². The van der Waals surface area contributed by atoms with Crippen LogP contribution in [-0.4, -0.2) is 17.4 Å². The first kappa shape index (κ1) is 17.3. The van der Waals surface area contributed by atoms with Gasteiger partial charge < -0.3 is 5.32 Å². The summed E-state index contributed by atoms with van der Waals surface area (Å²) < 4.78 is 0. The van der Waals surface area contributed by atoms with E-state index in [2.05, 4.69) is 17.9 Å². The van der Waals surface area contributed by atoms with Crippen LogP contribution in [0.1, 0.15) is 41.6 Å². The summed E-state index contributed by atoms with van der Waals surface area (Å²) in [6.45, 7) is 0. The van der Waals surface area contributed by atoms with E-state index in [1.54, 1.807) is 36.4 Å². The molecule has 1 amide bonds. The second-order valence-corrected chi connectivity index (χ2v) is 5.81. The Hall–Kier alpha value is -2.07. The number of unbranched alkanes of at least 4 members (excludes halogenated alkanes) is 2. The molecule has 0 heterocycles. The van der Waals surface area contributed by atoms with E-state index in [0.717, 1.165) is 25.0 Å². The number of nitrogens with one attached hydrogen (secondary N) is 1. The third-order valence-electron chi connectivity index (χ3n) is 3.51. The van der Waals surface area contributed by atoms with Gasteiger partial charge in [0.15, 0.2) is 5.78 Å². The fourth-order valence-electron chi connectivity index (χ4n) is 2.29. The highest BCUT2D eigenvalue weighted by atomic mass is 32.1. The molecule has 0 radical (unpaired) electrons. The molecule has 0 fully saturated rings. The number of hydrogen-bond donors (Lipinski definition) is 2. The van der Waals surface area contributed by atoms with E-state index in [-0.39, 0.29) is 11.7 Å². The number of thiol groups is 1. The van der Waals surface area contributed by atoms with Crippen molar-refractivity contribution in [3.05, 3.63) is 65.7 Å². The monoisotopic (exact) mass is 327 g/mol. The maximum absolute atomic E-state index is 12.4. The summed E-state index contributed by atoms with van der Waals surface area (Å²) >= 11 is 4.15. The normalized spacial score (nSPS) is 10.3. The number of carbonyl (C=O) groups is 2. The van der Waals surface area contributed by atoms with Crippen molar-refractivity contribution in [2.24, 2.45) is 0 Å². The van der Waals surface area contributed by atoms with Crippen molar-refractivity contribution < 1.29 is 9.59 Å². The number of anilines is 1. The molecule has 0 saturated heterocycles. The number of amides is 1. The lowest BCUT2D eigenvalue weighted by Crippen LogP contribution is -2.12. The van der Waals surface area contributed by atoms with Crippen LogP contribution in [0.3, 0.4) is 0 Å². The summed E-state index contributed by atoms with van der Waals surface area (Å²) in [6, 6.07) is 16.2. The van der Waals surface area contributed by atoms with Crippen molar-refractivity contribution in [2.45, 2.75) is 25.7 Å². The molecule has 0 aromatic heterocycles. The number of benzene rings is 2. The molecule has 2 aromatic carbocycles. The third-order valence-corrected chi connectivity index (χ3v) is 3.82. The molecule has 120 valence electrons. The lowest BCUT2D eigenvalue weighted by molar-refractivity contribution is -0.116. The Morgan fingerprint density at radius 1 is 0.870 bits per heavy atom. The van der Waals surface area contributed by atoms with Crippen LogP contribution in [0.4, 0.5) is 5.69 Å². The molecule has 2 aromatic rings. The Balaban J connectivity index is 1.97. The molecule has 3 nitrogen and oxygen atoms in total. The third kappa shape index (κ3) is 5.57. The van der Waals surface area contributed by atoms with E-state index in [4.69, 9.17) is 0 Å². The van der Waals surface area contributed by atoms with Gasteiger partial charge in [0.1, 0.15) is 0 Å². The highest BCUT2D eigenvalue weighted by molar-refractivity contribution is 7.80. The van der Waals surface area contributed by atoms with Crippen LogP contribution in [0, 0.1) is 0 Å². The summed E-state index contributed by atoms with van der Waals surface area (Å²) in [5.74, 6) is 0.787. The topological polar surface area (TPSA) is 46.2 Å². The summed E-state index contributed by atoms with van der Waals surface area (Å²) in [7, 11) is 0. The van der Waals surface area contributed by atoms with Gasteiger partial charge in [-0.05, 0) is 30.7 Å². The van der Waals surface area contributed by atoms with Crippen molar-refractivity contribution in [2.75, 3.05) is 11.1 Å². The first-order valence-electron chi connectivity index (χ1n) is 7.81. The van der Waals surface area contributed by atoms with Gasteiger partial charge in [-0.25, -0.2) is 0 Å². The van der Waals surface area contributed by atoms with E-state index in [1.165, 1.54) is 0 Å². The lowest BCUT2D eigenvalue weighted by atomic mass is 10.0. The largest absolute Gasteiger partial charge is 0.326 e. The van der Waals surface area contributed by atoms with Crippen molar-refractivity contribution in [1.82, 2.24) is 0 Å². The zero-order valence-corrected chi connectivity index (χ0v) is 13.9. The molecular formula is C19H21NO2S. The van der Waals surface area contributed by atoms with Crippen LogP contribution < -0.4 is 5.32 Å². The minimum atomic E-state index is -0.0459. The van der Waals surface area contributed by atoms with Crippen LogP contribution in [0.2, 0.25) is 0 Å². The fraction of sp³-hybridized carbons (Fsp3) is 0.263. The standard InChI is InChI=1S/C19H21NO2S/c21-18(12-5-2-6-13-23)20-17-11-7-10-16(14-17)19(22)15-8-3-1-4-9-15/h1,3-4,7-11,14,23H,2,5-6,12-13H2,(H,20,21). The van der Waals surface area contributed by atoms with Gasteiger partial charge in [-0.2, -0.15) is 12.6 Å². The molecule has 0 saturated carbocycles. The van der Waals surface area contributed by atoms with Gasteiger partial charge >= 0.3 is 0 Å². The predicted octanol–water partition coefficient (Wildman–Crippen LogP) is 4.35. The second-order valence-electron chi connectivity index (χ2n) is 5.36. The molecule has 0 aliphatic rings. The maximum Gasteiger partial charge on any atom is 0.224 e. The number of rotatable bonds is 8. The Kier molecular flexibility index (Phi) is 6.88. The Labute approximate surface area is 142 Å². The molecule has 1 N–H and O–H groups in total. The zero-order chi connectivity index (χ0) is 16.5. The van der Waals surface area contributed by atoms with Gasteiger partial charge in [-0.3, -0.25) is 9.59 Å². The van der Waals surface area contributed by atoms with E-state index < -0.39 is 0 Å². The lowest BCUT2D eigenvalue weighted by Gasteiger charge is -2.07. The number of hydrogen-bond acceptors (Lipinski definition) is 3. The highest BCUT2D eigenvalue weighted by Gasteiger charge is 2.10. The fourth-order valence-corrected chi connectivity index (χ4v) is 2.52. The highest BCUT2D eigenvalue weighted by Crippen LogP contribution is 2.15. The minimum absolute atomic E-state index is 0.0199. The maximum atomic E-state index is 12.4. The van der Waals surface area contributed by atoms with Crippen LogP contribution in [0.25, 0.3) is 0 Å². The first-order chi connectivity index (χ1) is 11.2. The first-order valence-corrected chi connectivity index (χ1v) is 8.44. The van der Waals surface area contributed by atoms with Crippen molar-refractivity contribution >= 4 is 30.0 Å². The molecule has 4 heteroatoms. The van der Waals surface area contributed by atoms with Gasteiger partial charge in [-0.15, -0.1) is 0 Å². The van der Waals surface area contributed by atoms with Crippen molar-refractivity contribution in [3.8, 4) is 0 Å². The molecule has 0 bridgehead atoms. The average Bonchev–Trinajstić information content (AvgIpc) is 2.59. The minimum Gasteiger partial charge on any atom is -0.326 e. The predicted molar refractivity (Wildman–Crippen MR) is 97.3 cm³/mol. The zero-order valence-electron chi connectivity index (χ0n) is 13.0. The van der Waals surface area contributed by atoms with Crippen molar-refractivity contribution in [1.29, 1.82) is 0 Å². The van der Waals surface area contributed by atoms with E-state index >= 15 is 0 Å². The van der Waals surface area contributed by atoms with Crippen molar-refractivity contribution in [3.63, 3.8) is 0 Å². The van der Waals surface area contributed by atoms with E-state index in [0.29, 0.717) is 23.2 Å². The van der Waals surface area contributed by atoms with Crippen LogP contribution >= 0.6 is 12.6 Å². The summed E-state index contributed by atoms with van der Waals surface area (Å²) in [6.07, 6.45) is 3.38. The molecule has 23 heavy (non-hydrogen) atoms. The Morgan fingerprint density at radius 3 is 2.35 bits per heavy atom. The molecule has 0 spiro atoms. The smallest absolute Gasteiger partial charge is 0.224 e. The quantitative estimate of drug-likeness (QED) is 0.430. The van der Waals surface area contributed by atoms with Gasteiger partial charge in [0.25, 0.3) is 0 Å². The molecule has 0 unspecified atom stereocenters. The average molecular weight is 327 g/mol. The van der Waals surface area contributed by atoms with E-state index in [1.807, 2.05) is 18.2 Å². The molecule has 2 rings (SSSR count). The summed E-state index contributed by atoms with van der Waals surface area (Å²) in [4.78, 5) is 24.3. The Bertz CT molecular complexity index is 655. The van der Waals surface area contributed by atoms with Gasteiger partial charge in [-0.1, -0.05) is 48.9 Å². The SMILES string of the molecule is O=C(CCCCCS)Nc1cccc(C(=O)c2ccccc2)c1. The second kappa shape index (κ2) is 9.16. The number of ketones is 1. The molecule has 0 atom stereocenters. The summed E-state index contributed by atoms with van der Waals surface area (Å²) in [5.41, 5.74) is 1.87. The molecular weight excluding hydrogens is 306 g/mol. The molecule has 0 aliphatic carbocycles.